The summed E-state index contributed by atoms with van der Waals surface area (Å²) in [6, 6.07) is 0. The smallest absolute Gasteiger partial charge is 0.462 e. The fraction of sp³-hybridized carbons (Fsp3) is 0.556. The zero-order chi connectivity index (χ0) is 40.3. The number of phosphoric ester groups is 1. The number of nitrogens with two attached hydrogens (primary N) is 1. The van der Waals surface area contributed by atoms with Crippen LogP contribution in [0, 0.1) is 0 Å². The summed E-state index contributed by atoms with van der Waals surface area (Å²) < 4.78 is 32.6. The Bertz CT molecular complexity index is 1260. The van der Waals surface area contributed by atoms with Gasteiger partial charge in [-0.2, -0.15) is 0 Å². The van der Waals surface area contributed by atoms with E-state index in [-0.39, 0.29) is 32.6 Å². The van der Waals surface area contributed by atoms with Crippen LogP contribution in [0.5, 0.6) is 0 Å². The number of unbranched alkanes of at least 4 members (excludes halogenated alkanes) is 8. The van der Waals surface area contributed by atoms with Crippen molar-refractivity contribution in [3.8, 4) is 0 Å². The van der Waals surface area contributed by atoms with Crippen molar-refractivity contribution in [1.29, 1.82) is 0 Å². The number of phosphoric acid groups is 1. The molecule has 55 heavy (non-hydrogen) atoms. The van der Waals surface area contributed by atoms with E-state index in [4.69, 9.17) is 24.3 Å². The third-order valence-corrected chi connectivity index (χ3v) is 8.73. The Labute approximate surface area is 333 Å². The SMILES string of the molecule is CC/C=C/C=C/C=C/C=C/CCCCCCCC(=O)O[C@H](COC(=O)CC/C=C/C/C=C/C/C=C/C/C=C/C/C=C/CCCCC)COP(=O)(O)OCCN. The van der Waals surface area contributed by atoms with Gasteiger partial charge < -0.3 is 20.1 Å². The molecule has 0 aliphatic carbocycles. The topological polar surface area (TPSA) is 134 Å². The first-order chi connectivity index (χ1) is 26.8. The van der Waals surface area contributed by atoms with Gasteiger partial charge in [0.25, 0.3) is 0 Å². The van der Waals surface area contributed by atoms with E-state index in [1.807, 2.05) is 42.5 Å². The Balaban J connectivity index is 4.38. The Morgan fingerprint density at radius 3 is 1.73 bits per heavy atom. The molecule has 2 atom stereocenters. The maximum atomic E-state index is 12.5. The maximum Gasteiger partial charge on any atom is 0.472 e. The molecule has 0 radical (unpaired) electrons. The molecule has 0 spiro atoms. The van der Waals surface area contributed by atoms with Gasteiger partial charge in [-0.05, 0) is 70.6 Å². The van der Waals surface area contributed by atoms with Crippen molar-refractivity contribution in [2.75, 3.05) is 26.4 Å². The first-order valence-corrected chi connectivity index (χ1v) is 21.9. The minimum atomic E-state index is -4.41. The average Bonchev–Trinajstić information content (AvgIpc) is 3.17. The lowest BCUT2D eigenvalue weighted by molar-refractivity contribution is -0.161. The number of carbonyl (C=O) groups is 2. The van der Waals surface area contributed by atoms with E-state index in [1.165, 1.54) is 25.7 Å². The summed E-state index contributed by atoms with van der Waals surface area (Å²) in [7, 11) is -4.41. The first kappa shape index (κ1) is 51.7. The van der Waals surface area contributed by atoms with Gasteiger partial charge in [0.2, 0.25) is 0 Å². The molecular formula is C45H72NO8P. The first-order valence-electron chi connectivity index (χ1n) is 20.4. The van der Waals surface area contributed by atoms with Crippen molar-refractivity contribution in [2.24, 2.45) is 5.73 Å². The molecule has 0 saturated heterocycles. The number of carbonyl (C=O) groups excluding carboxylic acids is 2. The van der Waals surface area contributed by atoms with Crippen LogP contribution in [0.4, 0.5) is 0 Å². The molecule has 0 saturated carbocycles. The predicted molar refractivity (Wildman–Crippen MR) is 228 cm³/mol. The van der Waals surface area contributed by atoms with Crippen molar-refractivity contribution in [2.45, 2.75) is 136 Å². The summed E-state index contributed by atoms with van der Waals surface area (Å²) in [6.45, 7) is 3.41. The van der Waals surface area contributed by atoms with E-state index < -0.39 is 32.5 Å². The number of hydrogen-bond acceptors (Lipinski definition) is 8. The van der Waals surface area contributed by atoms with Gasteiger partial charge in [-0.1, -0.05) is 155 Å². The quantitative estimate of drug-likeness (QED) is 0.0209. The Morgan fingerprint density at radius 1 is 0.582 bits per heavy atom. The molecule has 310 valence electrons. The van der Waals surface area contributed by atoms with Crippen molar-refractivity contribution in [3.63, 3.8) is 0 Å². The van der Waals surface area contributed by atoms with Crippen molar-refractivity contribution >= 4 is 19.8 Å². The molecule has 0 aromatic carbocycles. The molecule has 0 bridgehead atoms. The summed E-state index contributed by atoms with van der Waals surface area (Å²) in [5.74, 6) is -0.966. The molecule has 10 heteroatoms. The van der Waals surface area contributed by atoms with Crippen LogP contribution in [0.15, 0.2) is 109 Å². The summed E-state index contributed by atoms with van der Waals surface area (Å²) in [5.41, 5.74) is 5.33. The second-order valence-electron chi connectivity index (χ2n) is 12.9. The van der Waals surface area contributed by atoms with Crippen LogP contribution < -0.4 is 5.73 Å². The van der Waals surface area contributed by atoms with Crippen molar-refractivity contribution in [3.05, 3.63) is 109 Å². The van der Waals surface area contributed by atoms with Gasteiger partial charge in [-0.25, -0.2) is 4.57 Å². The van der Waals surface area contributed by atoms with Gasteiger partial charge in [0.05, 0.1) is 13.2 Å². The minimum absolute atomic E-state index is 0.0330. The zero-order valence-corrected chi connectivity index (χ0v) is 34.7. The molecule has 0 aliphatic rings. The lowest BCUT2D eigenvalue weighted by Crippen LogP contribution is -2.29. The second kappa shape index (κ2) is 40.3. The van der Waals surface area contributed by atoms with Crippen molar-refractivity contribution in [1.82, 2.24) is 0 Å². The number of esters is 2. The largest absolute Gasteiger partial charge is 0.472 e. The van der Waals surface area contributed by atoms with E-state index in [1.54, 1.807) is 0 Å². The van der Waals surface area contributed by atoms with Crippen LogP contribution in [0.25, 0.3) is 0 Å². The Morgan fingerprint density at radius 2 is 1.11 bits per heavy atom. The summed E-state index contributed by atoms with van der Waals surface area (Å²) >= 11 is 0. The fourth-order valence-electron chi connectivity index (χ4n) is 4.74. The molecule has 0 amide bonds. The molecular weight excluding hydrogens is 713 g/mol. The maximum absolute atomic E-state index is 12.5. The number of allylic oxidation sites excluding steroid dienone is 18. The molecule has 0 fully saturated rings. The number of ether oxygens (including phenoxy) is 2. The monoisotopic (exact) mass is 785 g/mol. The van der Waals surface area contributed by atoms with E-state index >= 15 is 0 Å². The van der Waals surface area contributed by atoms with Crippen LogP contribution >= 0.6 is 7.82 Å². The summed E-state index contributed by atoms with van der Waals surface area (Å²) in [6.07, 6.45) is 52.7. The summed E-state index contributed by atoms with van der Waals surface area (Å²) in [5, 5.41) is 0. The van der Waals surface area contributed by atoms with Gasteiger partial charge in [0.15, 0.2) is 6.10 Å². The van der Waals surface area contributed by atoms with Gasteiger partial charge in [-0.3, -0.25) is 18.6 Å². The van der Waals surface area contributed by atoms with E-state index in [0.29, 0.717) is 12.8 Å². The highest BCUT2D eigenvalue weighted by molar-refractivity contribution is 7.47. The highest BCUT2D eigenvalue weighted by atomic mass is 31.2. The van der Waals surface area contributed by atoms with Gasteiger partial charge in [0, 0.05) is 19.4 Å². The van der Waals surface area contributed by atoms with E-state index in [0.717, 1.165) is 64.2 Å². The molecule has 3 N–H and O–H groups in total. The minimum Gasteiger partial charge on any atom is -0.462 e. The molecule has 0 heterocycles. The average molecular weight is 786 g/mol. The molecule has 9 nitrogen and oxygen atoms in total. The number of rotatable bonds is 36. The normalized spacial score (nSPS) is 14.5. The third-order valence-electron chi connectivity index (χ3n) is 7.75. The molecule has 0 aliphatic heterocycles. The highest BCUT2D eigenvalue weighted by Gasteiger charge is 2.25. The predicted octanol–water partition coefficient (Wildman–Crippen LogP) is 11.6. The number of hydrogen-bond donors (Lipinski definition) is 2. The Kier molecular flexibility index (Phi) is 37.9. The van der Waals surface area contributed by atoms with Gasteiger partial charge >= 0.3 is 19.8 Å². The van der Waals surface area contributed by atoms with Crippen LogP contribution in [0.3, 0.4) is 0 Å². The lowest BCUT2D eigenvalue weighted by Gasteiger charge is -2.19. The van der Waals surface area contributed by atoms with Crippen LogP contribution in [0.1, 0.15) is 129 Å². The molecule has 1 unspecified atom stereocenters. The molecule has 0 aromatic rings. The molecule has 0 rings (SSSR count). The van der Waals surface area contributed by atoms with E-state index in [9.17, 15) is 19.0 Å². The van der Waals surface area contributed by atoms with E-state index in [2.05, 4.69) is 80.7 Å². The van der Waals surface area contributed by atoms with Crippen LogP contribution in [-0.4, -0.2) is 49.3 Å². The highest BCUT2D eigenvalue weighted by Crippen LogP contribution is 2.43. The second-order valence-corrected chi connectivity index (χ2v) is 14.3. The summed E-state index contributed by atoms with van der Waals surface area (Å²) in [4.78, 5) is 34.8. The third kappa shape index (κ3) is 40.2. The molecule has 0 aromatic heterocycles. The van der Waals surface area contributed by atoms with Gasteiger partial charge in [0.1, 0.15) is 6.61 Å². The van der Waals surface area contributed by atoms with Crippen LogP contribution in [-0.2, 0) is 32.7 Å². The Hall–Kier alpha value is -3.33. The van der Waals surface area contributed by atoms with Gasteiger partial charge in [-0.15, -0.1) is 0 Å². The van der Waals surface area contributed by atoms with Crippen LogP contribution in [0.2, 0.25) is 0 Å². The fourth-order valence-corrected chi connectivity index (χ4v) is 5.51. The van der Waals surface area contributed by atoms with Crippen molar-refractivity contribution < 1.29 is 37.6 Å². The lowest BCUT2D eigenvalue weighted by atomic mass is 10.1. The zero-order valence-electron chi connectivity index (χ0n) is 33.9. The standard InChI is InChI=1S/C45H72NO8P/c1-3-5-7-9-11-13-15-17-19-20-21-22-24-25-27-29-31-33-35-37-44(47)51-41-43(42-53-55(49,50)52-40-39-46)54-45(48)38-36-34-32-30-28-26-23-18-16-14-12-10-8-6-4-2/h6,8,10-14,16-19,21-23,25,27,31,33,43H,3-5,7,9,15,20,24,26,28-30,32,34-42,46H2,1-2H3,(H,49,50)/b8-6+,12-10+,13-11+,16-14+,19-17+,22-21+,23-18+,27-25+,33-31+/t43-/m1/s1.